The average Bonchev–Trinajstić information content (AvgIpc) is 3.44. The van der Waals surface area contributed by atoms with Crippen molar-refractivity contribution in [2.24, 2.45) is 7.05 Å². The van der Waals surface area contributed by atoms with Crippen molar-refractivity contribution in [3.63, 3.8) is 0 Å². The number of ketones is 1. The summed E-state index contributed by atoms with van der Waals surface area (Å²) in [5.41, 5.74) is 3.66. The fraction of sp³-hybridized carbons (Fsp3) is 0.360. The lowest BCUT2D eigenvalue weighted by Gasteiger charge is -2.21. The van der Waals surface area contributed by atoms with Crippen LogP contribution in [0.15, 0.2) is 53.7 Å². The van der Waals surface area contributed by atoms with Crippen molar-refractivity contribution in [3.8, 4) is 11.4 Å². The molecular formula is C25H29N5O2S. The van der Waals surface area contributed by atoms with Crippen molar-refractivity contribution < 1.29 is 9.59 Å². The summed E-state index contributed by atoms with van der Waals surface area (Å²) in [5, 5.41) is 9.34. The van der Waals surface area contributed by atoms with E-state index in [1.165, 1.54) is 17.4 Å². The molecule has 0 unspecified atom stereocenters. The van der Waals surface area contributed by atoms with Crippen LogP contribution in [-0.2, 0) is 11.8 Å². The van der Waals surface area contributed by atoms with Gasteiger partial charge in [-0.25, -0.2) is 0 Å². The minimum absolute atomic E-state index is 0.0208. The third-order valence-electron chi connectivity index (χ3n) is 6.00. The van der Waals surface area contributed by atoms with Crippen molar-refractivity contribution in [1.82, 2.24) is 14.8 Å². The van der Waals surface area contributed by atoms with E-state index >= 15 is 0 Å². The van der Waals surface area contributed by atoms with E-state index in [0.29, 0.717) is 17.1 Å². The van der Waals surface area contributed by atoms with Crippen LogP contribution in [0.4, 0.5) is 11.4 Å². The molecule has 0 aliphatic carbocycles. The van der Waals surface area contributed by atoms with Gasteiger partial charge in [0.05, 0.1) is 5.75 Å². The summed E-state index contributed by atoms with van der Waals surface area (Å²) in [6.45, 7) is 6.97. The number of benzene rings is 2. The number of thioether (sulfide) groups is 1. The van der Waals surface area contributed by atoms with Gasteiger partial charge >= 0.3 is 0 Å². The normalized spacial score (nSPS) is 13.5. The molecule has 1 aromatic heterocycles. The first kappa shape index (κ1) is 23.0. The predicted octanol–water partition coefficient (Wildman–Crippen LogP) is 4.43. The second-order valence-electron chi connectivity index (χ2n) is 7.99. The number of hydrogen-bond acceptors (Lipinski definition) is 6. The zero-order valence-corrected chi connectivity index (χ0v) is 20.1. The minimum Gasteiger partial charge on any atom is -0.372 e. The highest BCUT2D eigenvalue weighted by Gasteiger charge is 2.22. The van der Waals surface area contributed by atoms with Crippen molar-refractivity contribution in [2.75, 3.05) is 35.2 Å². The Balaban J connectivity index is 1.39. The van der Waals surface area contributed by atoms with Crippen LogP contribution in [0.2, 0.25) is 0 Å². The van der Waals surface area contributed by atoms with Crippen LogP contribution in [-0.4, -0.2) is 51.8 Å². The Morgan fingerprint density at radius 3 is 2.33 bits per heavy atom. The number of aromatic nitrogens is 3. The number of hydrogen-bond donors (Lipinski definition) is 0. The quantitative estimate of drug-likeness (QED) is 0.345. The Morgan fingerprint density at radius 2 is 1.73 bits per heavy atom. The number of carbonyl (C=O) groups excluding carboxylic acids is 2. The van der Waals surface area contributed by atoms with E-state index in [-0.39, 0.29) is 17.4 Å². The molecule has 0 radical (unpaired) electrons. The molecule has 1 aliphatic rings. The van der Waals surface area contributed by atoms with Crippen LogP contribution in [0.25, 0.3) is 11.4 Å². The molecule has 1 saturated heterocycles. The van der Waals surface area contributed by atoms with Crippen molar-refractivity contribution in [2.45, 2.75) is 31.8 Å². The zero-order valence-electron chi connectivity index (χ0n) is 19.3. The van der Waals surface area contributed by atoms with Gasteiger partial charge < -0.3 is 14.4 Å². The number of amides is 1. The van der Waals surface area contributed by atoms with Gasteiger partial charge in [0.1, 0.15) is 0 Å². The molecule has 4 rings (SSSR count). The van der Waals surface area contributed by atoms with Gasteiger partial charge in [0, 0.05) is 55.6 Å². The Labute approximate surface area is 198 Å². The molecule has 0 atom stereocenters. The van der Waals surface area contributed by atoms with E-state index in [4.69, 9.17) is 0 Å². The molecule has 0 N–H and O–H groups in total. The van der Waals surface area contributed by atoms with Crippen LogP contribution < -0.4 is 9.80 Å². The molecule has 0 bridgehead atoms. The lowest BCUT2D eigenvalue weighted by molar-refractivity contribution is -0.117. The molecule has 0 saturated carbocycles. The summed E-state index contributed by atoms with van der Waals surface area (Å²) in [7, 11) is 1.92. The fourth-order valence-corrected chi connectivity index (χ4v) is 4.87. The van der Waals surface area contributed by atoms with Crippen LogP contribution in [0, 0.1) is 0 Å². The third-order valence-corrected chi connectivity index (χ3v) is 7.02. The molecule has 0 spiro atoms. The van der Waals surface area contributed by atoms with Gasteiger partial charge in [-0.1, -0.05) is 11.8 Å². The van der Waals surface area contributed by atoms with E-state index in [0.717, 1.165) is 43.1 Å². The summed E-state index contributed by atoms with van der Waals surface area (Å²) in [4.78, 5) is 28.7. The number of carbonyl (C=O) groups is 2. The zero-order chi connectivity index (χ0) is 23.4. The number of rotatable bonds is 9. The summed E-state index contributed by atoms with van der Waals surface area (Å²) in [5.74, 6) is 1.21. The van der Waals surface area contributed by atoms with Gasteiger partial charge in [-0.3, -0.25) is 9.59 Å². The molecule has 2 heterocycles. The highest BCUT2D eigenvalue weighted by Crippen LogP contribution is 2.26. The first-order valence-electron chi connectivity index (χ1n) is 11.3. The van der Waals surface area contributed by atoms with Crippen LogP contribution in [0.3, 0.4) is 0 Å². The summed E-state index contributed by atoms with van der Waals surface area (Å²) in [6.07, 6.45) is 1.48. The Kier molecular flexibility index (Phi) is 7.13. The maximum Gasteiger partial charge on any atom is 0.227 e. The molecule has 33 heavy (non-hydrogen) atoms. The Morgan fingerprint density at radius 1 is 1.03 bits per heavy atom. The number of Topliss-reactive ketones (excluding diaryl/α,β-unsaturated/α-hetero) is 1. The van der Waals surface area contributed by atoms with Crippen molar-refractivity contribution in [1.29, 1.82) is 0 Å². The molecule has 1 aliphatic heterocycles. The molecule has 172 valence electrons. The SMILES string of the molecule is CCN(CC)c1ccc(-c2nnc(SCC(=O)c3ccc(N4CCCC4=O)cc3)n2C)cc1. The number of anilines is 2. The predicted molar refractivity (Wildman–Crippen MR) is 133 cm³/mol. The van der Waals surface area contributed by atoms with E-state index in [1.54, 1.807) is 17.0 Å². The Bertz CT molecular complexity index is 1120. The summed E-state index contributed by atoms with van der Waals surface area (Å²) in [6, 6.07) is 15.6. The highest BCUT2D eigenvalue weighted by atomic mass is 32.2. The monoisotopic (exact) mass is 463 g/mol. The Hall–Kier alpha value is -3.13. The third kappa shape index (κ3) is 4.95. The van der Waals surface area contributed by atoms with Crippen LogP contribution >= 0.6 is 11.8 Å². The van der Waals surface area contributed by atoms with Gasteiger partial charge in [0.15, 0.2) is 16.8 Å². The van der Waals surface area contributed by atoms with E-state index in [1.807, 2.05) is 23.7 Å². The first-order valence-corrected chi connectivity index (χ1v) is 12.3. The van der Waals surface area contributed by atoms with Gasteiger partial charge in [0.2, 0.25) is 5.91 Å². The fourth-order valence-electron chi connectivity index (χ4n) is 4.06. The highest BCUT2D eigenvalue weighted by molar-refractivity contribution is 7.99. The van der Waals surface area contributed by atoms with Gasteiger partial charge in [-0.05, 0) is 68.8 Å². The molecule has 8 heteroatoms. The van der Waals surface area contributed by atoms with Gasteiger partial charge in [-0.15, -0.1) is 10.2 Å². The molecular weight excluding hydrogens is 434 g/mol. The molecule has 3 aromatic rings. The molecule has 7 nitrogen and oxygen atoms in total. The second-order valence-corrected chi connectivity index (χ2v) is 8.93. The van der Waals surface area contributed by atoms with E-state index < -0.39 is 0 Å². The maximum atomic E-state index is 12.7. The second kappa shape index (κ2) is 10.2. The lowest BCUT2D eigenvalue weighted by atomic mass is 10.1. The van der Waals surface area contributed by atoms with Crippen LogP contribution in [0.5, 0.6) is 0 Å². The molecule has 1 amide bonds. The summed E-state index contributed by atoms with van der Waals surface area (Å²) < 4.78 is 1.92. The minimum atomic E-state index is 0.0208. The topological polar surface area (TPSA) is 71.3 Å². The largest absolute Gasteiger partial charge is 0.372 e. The van der Waals surface area contributed by atoms with E-state index in [2.05, 4.69) is 53.2 Å². The first-order chi connectivity index (χ1) is 16.0. The van der Waals surface area contributed by atoms with Crippen molar-refractivity contribution >= 4 is 34.8 Å². The standard InChI is InChI=1S/C25H29N5O2S/c1-4-29(5-2)20-12-10-19(11-13-20)24-26-27-25(28(24)3)33-17-22(31)18-8-14-21(15-9-18)30-16-6-7-23(30)32/h8-15H,4-7,16-17H2,1-3H3. The van der Waals surface area contributed by atoms with Gasteiger partial charge in [0.25, 0.3) is 0 Å². The molecule has 2 aromatic carbocycles. The van der Waals surface area contributed by atoms with Crippen molar-refractivity contribution in [3.05, 3.63) is 54.1 Å². The van der Waals surface area contributed by atoms with Gasteiger partial charge in [-0.2, -0.15) is 0 Å². The summed E-state index contributed by atoms with van der Waals surface area (Å²) >= 11 is 1.38. The molecule has 1 fully saturated rings. The average molecular weight is 464 g/mol. The van der Waals surface area contributed by atoms with E-state index in [9.17, 15) is 9.59 Å². The van der Waals surface area contributed by atoms with Crippen LogP contribution in [0.1, 0.15) is 37.0 Å². The number of nitrogens with zero attached hydrogens (tertiary/aromatic N) is 5. The smallest absolute Gasteiger partial charge is 0.227 e. The maximum absolute atomic E-state index is 12.7. The lowest BCUT2D eigenvalue weighted by Crippen LogP contribution is -2.23.